The van der Waals surface area contributed by atoms with Gasteiger partial charge in [0.15, 0.2) is 0 Å². The number of piperidine rings is 1. The van der Waals surface area contributed by atoms with E-state index in [0.29, 0.717) is 36.9 Å². The lowest BCUT2D eigenvalue weighted by Gasteiger charge is -2.31. The summed E-state index contributed by atoms with van der Waals surface area (Å²) in [6.07, 6.45) is 3.00. The van der Waals surface area contributed by atoms with Gasteiger partial charge in [-0.3, -0.25) is 9.59 Å². The first kappa shape index (κ1) is 20.7. The number of H-pyrrole nitrogens is 1. The highest BCUT2D eigenvalue weighted by Crippen LogP contribution is 2.29. The first-order valence-electron chi connectivity index (χ1n) is 11.4. The van der Waals surface area contributed by atoms with E-state index in [1.807, 2.05) is 54.3 Å². The molecule has 2 saturated heterocycles. The maximum absolute atomic E-state index is 13.3. The van der Waals surface area contributed by atoms with Crippen LogP contribution in [0.25, 0.3) is 11.0 Å². The van der Waals surface area contributed by atoms with Crippen LogP contribution in [0.1, 0.15) is 53.3 Å². The summed E-state index contributed by atoms with van der Waals surface area (Å²) in [5.74, 6) is 1.21. The van der Waals surface area contributed by atoms with E-state index in [9.17, 15) is 9.59 Å². The van der Waals surface area contributed by atoms with Crippen LogP contribution in [0.5, 0.6) is 0 Å². The monoisotopic (exact) mass is 432 g/mol. The molecule has 2 aliphatic rings. The number of aromatic amines is 1. The van der Waals surface area contributed by atoms with Gasteiger partial charge in [0.25, 0.3) is 11.8 Å². The summed E-state index contributed by atoms with van der Waals surface area (Å²) < 4.78 is 5.47. The first-order valence-corrected chi connectivity index (χ1v) is 11.4. The zero-order valence-electron chi connectivity index (χ0n) is 18.3. The summed E-state index contributed by atoms with van der Waals surface area (Å²) in [6, 6.07) is 13.6. The number of anilines is 1. The lowest BCUT2D eigenvalue weighted by atomic mass is 9.95. The zero-order valence-corrected chi connectivity index (χ0v) is 18.3. The Labute approximate surface area is 187 Å². The Balaban J connectivity index is 1.25. The van der Waals surface area contributed by atoms with Crippen LogP contribution in [-0.2, 0) is 9.53 Å². The molecule has 2 N–H and O–H groups in total. The van der Waals surface area contributed by atoms with Gasteiger partial charge in [-0.2, -0.15) is 0 Å². The number of para-hydroxylation sites is 2. The molecular weight excluding hydrogens is 404 g/mol. The zero-order chi connectivity index (χ0) is 22.1. The number of amides is 2. The fraction of sp³-hybridized carbons (Fsp3) is 0.400. The molecular formula is C25H28N4O3. The van der Waals surface area contributed by atoms with Gasteiger partial charge in [0, 0.05) is 36.9 Å². The van der Waals surface area contributed by atoms with Gasteiger partial charge in [0.1, 0.15) is 11.9 Å². The SMILES string of the molecule is Cc1c(NC(=O)C2CCCO2)cccc1C(=O)N1CCC(c2nc3ccccc3[nH]2)CC1. The summed E-state index contributed by atoms with van der Waals surface area (Å²) in [5, 5.41) is 2.94. The maximum Gasteiger partial charge on any atom is 0.254 e. The fourth-order valence-corrected chi connectivity index (χ4v) is 4.69. The molecule has 0 radical (unpaired) electrons. The van der Waals surface area contributed by atoms with E-state index < -0.39 is 6.10 Å². The van der Waals surface area contributed by atoms with Crippen LogP contribution in [0.2, 0.25) is 0 Å². The van der Waals surface area contributed by atoms with E-state index in [-0.39, 0.29) is 11.8 Å². The number of ether oxygens (including phenoxy) is 1. The molecule has 0 aliphatic carbocycles. The van der Waals surface area contributed by atoms with Gasteiger partial charge in [-0.1, -0.05) is 18.2 Å². The van der Waals surface area contributed by atoms with Crippen molar-refractivity contribution in [2.45, 2.75) is 44.6 Å². The van der Waals surface area contributed by atoms with E-state index in [4.69, 9.17) is 9.72 Å². The second-order valence-corrected chi connectivity index (χ2v) is 8.67. The first-order chi connectivity index (χ1) is 15.6. The predicted molar refractivity (Wildman–Crippen MR) is 123 cm³/mol. The van der Waals surface area contributed by atoms with Gasteiger partial charge in [-0.05, 0) is 62.4 Å². The number of rotatable bonds is 4. The lowest BCUT2D eigenvalue weighted by Crippen LogP contribution is -2.38. The summed E-state index contributed by atoms with van der Waals surface area (Å²) in [6.45, 7) is 3.89. The Bertz CT molecular complexity index is 1110. The molecule has 7 nitrogen and oxygen atoms in total. The van der Waals surface area contributed by atoms with Gasteiger partial charge in [-0.25, -0.2) is 4.98 Å². The van der Waals surface area contributed by atoms with E-state index >= 15 is 0 Å². The molecule has 0 bridgehead atoms. The number of nitrogens with zero attached hydrogens (tertiary/aromatic N) is 2. The number of hydrogen-bond donors (Lipinski definition) is 2. The van der Waals surface area contributed by atoms with Crippen LogP contribution in [0.4, 0.5) is 5.69 Å². The molecule has 3 aromatic rings. The molecule has 2 aromatic carbocycles. The van der Waals surface area contributed by atoms with E-state index in [1.54, 1.807) is 0 Å². The van der Waals surface area contributed by atoms with Crippen molar-refractivity contribution in [3.8, 4) is 0 Å². The summed E-state index contributed by atoms with van der Waals surface area (Å²) >= 11 is 0. The quantitative estimate of drug-likeness (QED) is 0.652. The van der Waals surface area contributed by atoms with Crippen LogP contribution < -0.4 is 5.32 Å². The number of nitrogens with one attached hydrogen (secondary N) is 2. The Hall–Kier alpha value is -3.19. The summed E-state index contributed by atoms with van der Waals surface area (Å²) in [4.78, 5) is 35.8. The van der Waals surface area contributed by atoms with Crippen LogP contribution in [0, 0.1) is 6.92 Å². The van der Waals surface area contributed by atoms with Crippen molar-refractivity contribution < 1.29 is 14.3 Å². The van der Waals surface area contributed by atoms with Crippen molar-refractivity contribution in [3.05, 3.63) is 59.4 Å². The van der Waals surface area contributed by atoms with Crippen LogP contribution in [0.15, 0.2) is 42.5 Å². The number of fused-ring (bicyclic) bond motifs is 1. The van der Waals surface area contributed by atoms with Crippen LogP contribution in [0.3, 0.4) is 0 Å². The van der Waals surface area contributed by atoms with Crippen LogP contribution >= 0.6 is 0 Å². The molecule has 7 heteroatoms. The van der Waals surface area contributed by atoms with Crippen molar-refractivity contribution in [2.75, 3.05) is 25.0 Å². The highest BCUT2D eigenvalue weighted by molar-refractivity contribution is 6.00. The molecule has 0 spiro atoms. The van der Waals surface area contributed by atoms with E-state index in [1.165, 1.54) is 0 Å². The number of likely N-dealkylation sites (tertiary alicyclic amines) is 1. The molecule has 1 aromatic heterocycles. The Morgan fingerprint density at radius 1 is 1.09 bits per heavy atom. The van der Waals surface area contributed by atoms with E-state index in [0.717, 1.165) is 48.1 Å². The normalized spacial score (nSPS) is 19.4. The van der Waals surface area contributed by atoms with Gasteiger partial charge >= 0.3 is 0 Å². The Kier molecular flexibility index (Phi) is 5.66. The Morgan fingerprint density at radius 3 is 2.66 bits per heavy atom. The van der Waals surface area contributed by atoms with Gasteiger partial charge in [-0.15, -0.1) is 0 Å². The predicted octanol–water partition coefficient (Wildman–Crippen LogP) is 4.01. The molecule has 1 atom stereocenters. The van der Waals surface area contributed by atoms with Crippen molar-refractivity contribution in [1.82, 2.24) is 14.9 Å². The Morgan fingerprint density at radius 2 is 1.91 bits per heavy atom. The second kappa shape index (κ2) is 8.74. The molecule has 5 rings (SSSR count). The average molecular weight is 433 g/mol. The number of imidazole rings is 1. The third-order valence-electron chi connectivity index (χ3n) is 6.62. The minimum Gasteiger partial charge on any atom is -0.368 e. The molecule has 1 unspecified atom stereocenters. The lowest BCUT2D eigenvalue weighted by molar-refractivity contribution is -0.124. The molecule has 166 valence electrons. The molecule has 0 saturated carbocycles. The molecule has 2 aliphatic heterocycles. The minimum atomic E-state index is -0.397. The number of carbonyl (C=O) groups is 2. The number of carbonyl (C=O) groups excluding carboxylic acids is 2. The van der Waals surface area contributed by atoms with Crippen molar-refractivity contribution in [1.29, 1.82) is 0 Å². The van der Waals surface area contributed by atoms with Crippen LogP contribution in [-0.4, -0.2) is 52.5 Å². The second-order valence-electron chi connectivity index (χ2n) is 8.67. The molecule has 3 heterocycles. The molecule has 2 fully saturated rings. The average Bonchev–Trinajstić information content (AvgIpc) is 3.50. The summed E-state index contributed by atoms with van der Waals surface area (Å²) in [5.41, 5.74) is 4.14. The van der Waals surface area contributed by atoms with Crippen molar-refractivity contribution in [2.24, 2.45) is 0 Å². The van der Waals surface area contributed by atoms with Gasteiger partial charge in [0.05, 0.1) is 11.0 Å². The standard InChI is InChI=1S/C25H28N4O3/c1-16-18(6-4-9-19(16)28-24(30)22-10-5-15-32-22)25(31)29-13-11-17(12-14-29)23-26-20-7-2-3-8-21(20)27-23/h2-4,6-9,17,22H,5,10-15H2,1H3,(H,26,27)(H,28,30). The number of aromatic nitrogens is 2. The number of hydrogen-bond acceptors (Lipinski definition) is 4. The number of benzene rings is 2. The summed E-state index contributed by atoms with van der Waals surface area (Å²) in [7, 11) is 0. The molecule has 32 heavy (non-hydrogen) atoms. The van der Waals surface area contributed by atoms with Crippen molar-refractivity contribution in [3.63, 3.8) is 0 Å². The largest absolute Gasteiger partial charge is 0.368 e. The van der Waals surface area contributed by atoms with Gasteiger partial charge in [0.2, 0.25) is 0 Å². The smallest absolute Gasteiger partial charge is 0.254 e. The topological polar surface area (TPSA) is 87.3 Å². The maximum atomic E-state index is 13.3. The molecule has 2 amide bonds. The highest BCUT2D eigenvalue weighted by atomic mass is 16.5. The van der Waals surface area contributed by atoms with Gasteiger partial charge < -0.3 is 19.9 Å². The van der Waals surface area contributed by atoms with E-state index in [2.05, 4.69) is 10.3 Å². The fourth-order valence-electron chi connectivity index (χ4n) is 4.69. The van der Waals surface area contributed by atoms with Crippen molar-refractivity contribution >= 4 is 28.5 Å². The third-order valence-corrected chi connectivity index (χ3v) is 6.62. The third kappa shape index (κ3) is 4.00. The highest BCUT2D eigenvalue weighted by Gasteiger charge is 2.28. The minimum absolute atomic E-state index is 0.0128.